The van der Waals surface area contributed by atoms with Crippen LogP contribution in [0, 0.1) is 12.7 Å². The van der Waals surface area contributed by atoms with E-state index in [1.54, 1.807) is 13.0 Å². The molecule has 1 rings (SSSR count). The SMILES string of the molecule is CCCNC(CCC)C(CC)Oc1ccc(C)c(F)c1. The summed E-state index contributed by atoms with van der Waals surface area (Å²) >= 11 is 0. The molecule has 0 radical (unpaired) electrons. The van der Waals surface area contributed by atoms with Crippen molar-refractivity contribution in [3.8, 4) is 5.75 Å². The lowest BCUT2D eigenvalue weighted by atomic mass is 10.0. The molecule has 0 fully saturated rings. The maximum Gasteiger partial charge on any atom is 0.129 e. The number of benzene rings is 1. The molecule has 0 bridgehead atoms. The van der Waals surface area contributed by atoms with Gasteiger partial charge in [0.1, 0.15) is 17.7 Å². The van der Waals surface area contributed by atoms with Gasteiger partial charge in [0.05, 0.1) is 0 Å². The molecule has 114 valence electrons. The molecule has 0 aliphatic carbocycles. The van der Waals surface area contributed by atoms with Crippen LogP contribution in [0.15, 0.2) is 18.2 Å². The van der Waals surface area contributed by atoms with Crippen molar-refractivity contribution in [1.82, 2.24) is 5.32 Å². The summed E-state index contributed by atoms with van der Waals surface area (Å²) in [6.45, 7) is 9.21. The Bertz CT molecular complexity index is 395. The first-order valence-electron chi connectivity index (χ1n) is 7.78. The second kappa shape index (κ2) is 8.96. The van der Waals surface area contributed by atoms with E-state index in [0.29, 0.717) is 17.4 Å². The van der Waals surface area contributed by atoms with Gasteiger partial charge >= 0.3 is 0 Å². The standard InChI is InChI=1S/C17H28FNO/c1-5-8-16(19-11-6-2)17(7-3)20-14-10-9-13(4)15(18)12-14/h9-10,12,16-17,19H,5-8,11H2,1-4H3. The fourth-order valence-corrected chi connectivity index (χ4v) is 2.33. The highest BCUT2D eigenvalue weighted by molar-refractivity contribution is 5.28. The zero-order valence-corrected chi connectivity index (χ0v) is 13.2. The first-order valence-corrected chi connectivity index (χ1v) is 7.78. The predicted molar refractivity (Wildman–Crippen MR) is 82.8 cm³/mol. The molecule has 0 amide bonds. The lowest BCUT2D eigenvalue weighted by molar-refractivity contribution is 0.142. The van der Waals surface area contributed by atoms with Gasteiger partial charge < -0.3 is 10.1 Å². The van der Waals surface area contributed by atoms with Crippen LogP contribution >= 0.6 is 0 Å². The van der Waals surface area contributed by atoms with Crippen molar-refractivity contribution in [2.75, 3.05) is 6.54 Å². The summed E-state index contributed by atoms with van der Waals surface area (Å²) in [4.78, 5) is 0. The number of rotatable bonds is 9. The summed E-state index contributed by atoms with van der Waals surface area (Å²) in [7, 11) is 0. The molecule has 0 saturated heterocycles. The third-order valence-corrected chi connectivity index (χ3v) is 3.54. The summed E-state index contributed by atoms with van der Waals surface area (Å²) in [5.41, 5.74) is 0.652. The van der Waals surface area contributed by atoms with Crippen molar-refractivity contribution in [1.29, 1.82) is 0 Å². The molecule has 20 heavy (non-hydrogen) atoms. The van der Waals surface area contributed by atoms with Gasteiger partial charge in [-0.3, -0.25) is 0 Å². The molecule has 0 heterocycles. The van der Waals surface area contributed by atoms with Crippen LogP contribution in [0.2, 0.25) is 0 Å². The van der Waals surface area contributed by atoms with E-state index in [1.807, 2.05) is 6.07 Å². The second-order valence-corrected chi connectivity index (χ2v) is 5.32. The van der Waals surface area contributed by atoms with E-state index < -0.39 is 0 Å². The van der Waals surface area contributed by atoms with Crippen molar-refractivity contribution < 1.29 is 9.13 Å². The maximum atomic E-state index is 13.6. The van der Waals surface area contributed by atoms with Crippen molar-refractivity contribution >= 4 is 0 Å². The molecule has 2 nitrogen and oxygen atoms in total. The minimum absolute atomic E-state index is 0.0867. The maximum absolute atomic E-state index is 13.6. The third kappa shape index (κ3) is 5.12. The van der Waals surface area contributed by atoms with E-state index in [9.17, 15) is 4.39 Å². The van der Waals surface area contributed by atoms with Gasteiger partial charge in [-0.1, -0.05) is 33.3 Å². The van der Waals surface area contributed by atoms with Gasteiger partial charge in [0, 0.05) is 12.1 Å². The fraction of sp³-hybridized carbons (Fsp3) is 0.647. The van der Waals surface area contributed by atoms with Crippen LogP contribution in [0.5, 0.6) is 5.75 Å². The van der Waals surface area contributed by atoms with Gasteiger partial charge in [-0.2, -0.15) is 0 Å². The van der Waals surface area contributed by atoms with Crippen molar-refractivity contribution in [2.24, 2.45) is 0 Å². The van der Waals surface area contributed by atoms with Gasteiger partial charge in [0.25, 0.3) is 0 Å². The molecule has 2 unspecified atom stereocenters. The van der Waals surface area contributed by atoms with E-state index in [2.05, 4.69) is 26.1 Å². The topological polar surface area (TPSA) is 21.3 Å². The number of nitrogens with one attached hydrogen (secondary N) is 1. The van der Waals surface area contributed by atoms with Crippen LogP contribution in [-0.2, 0) is 0 Å². The average molecular weight is 281 g/mol. The van der Waals surface area contributed by atoms with E-state index in [4.69, 9.17) is 4.74 Å². The summed E-state index contributed by atoms with van der Waals surface area (Å²) in [6.07, 6.45) is 4.30. The van der Waals surface area contributed by atoms with Crippen LogP contribution in [0.1, 0.15) is 52.0 Å². The normalized spacial score (nSPS) is 14.1. The minimum atomic E-state index is -0.203. The first-order chi connectivity index (χ1) is 9.62. The van der Waals surface area contributed by atoms with E-state index in [0.717, 1.165) is 32.2 Å². The second-order valence-electron chi connectivity index (χ2n) is 5.32. The average Bonchev–Trinajstić information content (AvgIpc) is 2.45. The number of aryl methyl sites for hydroxylation is 1. The highest BCUT2D eigenvalue weighted by Crippen LogP contribution is 2.20. The van der Waals surface area contributed by atoms with Gasteiger partial charge in [-0.05, 0) is 44.4 Å². The molecule has 0 aliphatic rings. The molecular formula is C17H28FNO. The van der Waals surface area contributed by atoms with E-state index >= 15 is 0 Å². The monoisotopic (exact) mass is 281 g/mol. The van der Waals surface area contributed by atoms with Gasteiger partial charge in [-0.15, -0.1) is 0 Å². The Hall–Kier alpha value is -1.09. The molecule has 2 atom stereocenters. The molecule has 0 spiro atoms. The van der Waals surface area contributed by atoms with Crippen LogP contribution in [0.4, 0.5) is 4.39 Å². The number of hydrogen-bond donors (Lipinski definition) is 1. The van der Waals surface area contributed by atoms with Crippen molar-refractivity contribution in [2.45, 2.75) is 65.5 Å². The zero-order chi connectivity index (χ0) is 15.0. The number of halogens is 1. The van der Waals surface area contributed by atoms with Gasteiger partial charge in [0.15, 0.2) is 0 Å². The lowest BCUT2D eigenvalue weighted by Gasteiger charge is -2.28. The minimum Gasteiger partial charge on any atom is -0.489 e. The first kappa shape index (κ1) is 17.0. The molecular weight excluding hydrogens is 253 g/mol. The number of ether oxygens (including phenoxy) is 1. The van der Waals surface area contributed by atoms with Crippen molar-refractivity contribution in [3.05, 3.63) is 29.6 Å². The highest BCUT2D eigenvalue weighted by atomic mass is 19.1. The molecule has 0 aromatic heterocycles. The quantitative estimate of drug-likeness (QED) is 0.721. The van der Waals surface area contributed by atoms with E-state index in [-0.39, 0.29) is 11.9 Å². The Balaban J connectivity index is 2.73. The summed E-state index contributed by atoms with van der Waals surface area (Å²) in [5, 5.41) is 3.55. The van der Waals surface area contributed by atoms with Crippen molar-refractivity contribution in [3.63, 3.8) is 0 Å². The molecule has 0 aliphatic heterocycles. The molecule has 0 saturated carbocycles. The Labute approximate surface area is 122 Å². The third-order valence-electron chi connectivity index (χ3n) is 3.54. The highest BCUT2D eigenvalue weighted by Gasteiger charge is 2.20. The Morgan fingerprint density at radius 1 is 1.20 bits per heavy atom. The Morgan fingerprint density at radius 2 is 1.95 bits per heavy atom. The van der Waals surface area contributed by atoms with Crippen LogP contribution < -0.4 is 10.1 Å². The van der Waals surface area contributed by atoms with Gasteiger partial charge in [-0.25, -0.2) is 4.39 Å². The predicted octanol–water partition coefficient (Wildman–Crippen LogP) is 4.46. The molecule has 3 heteroatoms. The van der Waals surface area contributed by atoms with Crippen LogP contribution in [0.25, 0.3) is 0 Å². The largest absolute Gasteiger partial charge is 0.489 e. The molecule has 1 aromatic rings. The van der Waals surface area contributed by atoms with Gasteiger partial charge in [0.2, 0.25) is 0 Å². The molecule has 1 aromatic carbocycles. The Morgan fingerprint density at radius 3 is 2.50 bits per heavy atom. The lowest BCUT2D eigenvalue weighted by Crippen LogP contribution is -2.43. The smallest absolute Gasteiger partial charge is 0.129 e. The zero-order valence-electron chi connectivity index (χ0n) is 13.2. The summed E-state index contributed by atoms with van der Waals surface area (Å²) < 4.78 is 19.6. The van der Waals surface area contributed by atoms with E-state index in [1.165, 1.54) is 6.07 Å². The summed E-state index contributed by atoms with van der Waals surface area (Å²) in [6, 6.07) is 5.44. The Kier molecular flexibility index (Phi) is 7.60. The molecule has 1 N–H and O–H groups in total. The summed E-state index contributed by atoms with van der Waals surface area (Å²) in [5.74, 6) is 0.422. The van der Waals surface area contributed by atoms with Crippen LogP contribution in [-0.4, -0.2) is 18.7 Å². The fourth-order valence-electron chi connectivity index (χ4n) is 2.33. The van der Waals surface area contributed by atoms with Crippen LogP contribution in [0.3, 0.4) is 0 Å². The number of hydrogen-bond acceptors (Lipinski definition) is 2.